The molecule has 28 heavy (non-hydrogen) atoms. The van der Waals surface area contributed by atoms with E-state index < -0.39 is 0 Å². The molecular weight excluding hydrogens is 489 g/mol. The van der Waals surface area contributed by atoms with Gasteiger partial charge in [-0.1, -0.05) is 35.0 Å². The van der Waals surface area contributed by atoms with Gasteiger partial charge in [0.1, 0.15) is 0 Å². The van der Waals surface area contributed by atoms with Gasteiger partial charge in [0.2, 0.25) is 11.7 Å². The number of aliphatic imine (C=N–C) groups is 1. The lowest BCUT2D eigenvalue weighted by atomic mass is 10.2. The van der Waals surface area contributed by atoms with Crippen LogP contribution in [0.4, 0.5) is 5.69 Å². The van der Waals surface area contributed by atoms with Gasteiger partial charge in [0, 0.05) is 42.8 Å². The minimum Gasteiger partial charge on any atom is -0.355 e. The number of anilines is 1. The van der Waals surface area contributed by atoms with Crippen molar-refractivity contribution in [3.05, 3.63) is 65.0 Å². The number of halogens is 2. The molecule has 2 aromatic carbocycles. The Labute approximate surface area is 186 Å². The third-order valence-corrected chi connectivity index (χ3v) is 4.80. The number of rotatable bonds is 4. The summed E-state index contributed by atoms with van der Waals surface area (Å²) in [7, 11) is 1.80. The number of nitrogens with zero attached hydrogens (tertiary/aromatic N) is 4. The van der Waals surface area contributed by atoms with Crippen LogP contribution in [0.15, 0.2) is 58.0 Å². The van der Waals surface area contributed by atoms with Gasteiger partial charge in [0.25, 0.3) is 0 Å². The van der Waals surface area contributed by atoms with Crippen molar-refractivity contribution in [2.45, 2.75) is 12.8 Å². The fourth-order valence-corrected chi connectivity index (χ4v) is 3.33. The Morgan fingerprint density at radius 1 is 1.21 bits per heavy atom. The molecule has 2 heterocycles. The van der Waals surface area contributed by atoms with E-state index in [1.54, 1.807) is 7.05 Å². The SMILES string of the molecule is CN=C(NCCc1nc(-c2ccc(Cl)cc2)no1)N1CCc2ccccc21.I. The fourth-order valence-electron chi connectivity index (χ4n) is 3.21. The Bertz CT molecular complexity index is 957. The van der Waals surface area contributed by atoms with Gasteiger partial charge in [0.05, 0.1) is 0 Å². The highest BCUT2D eigenvalue weighted by atomic mass is 127. The van der Waals surface area contributed by atoms with Crippen molar-refractivity contribution in [2.75, 3.05) is 25.0 Å². The highest BCUT2D eigenvalue weighted by Crippen LogP contribution is 2.27. The Morgan fingerprint density at radius 3 is 2.79 bits per heavy atom. The molecule has 0 radical (unpaired) electrons. The third-order valence-electron chi connectivity index (χ3n) is 4.55. The molecule has 1 aliphatic heterocycles. The van der Waals surface area contributed by atoms with Crippen LogP contribution in [0.5, 0.6) is 0 Å². The first kappa shape index (κ1) is 20.6. The molecule has 0 saturated carbocycles. The summed E-state index contributed by atoms with van der Waals surface area (Å²) in [6.07, 6.45) is 1.65. The predicted molar refractivity (Wildman–Crippen MR) is 123 cm³/mol. The summed E-state index contributed by atoms with van der Waals surface area (Å²) in [5, 5.41) is 8.11. The maximum atomic E-state index is 5.91. The van der Waals surface area contributed by atoms with Crippen LogP contribution < -0.4 is 10.2 Å². The lowest BCUT2D eigenvalue weighted by molar-refractivity contribution is 0.379. The van der Waals surface area contributed by atoms with Gasteiger partial charge >= 0.3 is 0 Å². The molecule has 3 aromatic rings. The molecule has 4 rings (SSSR count). The molecule has 0 amide bonds. The van der Waals surface area contributed by atoms with Crippen LogP contribution in [0.25, 0.3) is 11.4 Å². The van der Waals surface area contributed by atoms with E-state index in [2.05, 4.69) is 49.6 Å². The van der Waals surface area contributed by atoms with Gasteiger partial charge in [-0.25, -0.2) is 0 Å². The molecule has 146 valence electrons. The van der Waals surface area contributed by atoms with Crippen LogP contribution >= 0.6 is 35.6 Å². The van der Waals surface area contributed by atoms with Crippen LogP contribution in [0.3, 0.4) is 0 Å². The molecule has 1 aromatic heterocycles. The molecule has 1 N–H and O–H groups in total. The lowest BCUT2D eigenvalue weighted by Crippen LogP contribution is -2.41. The minimum atomic E-state index is 0. The second-order valence-corrected chi connectivity index (χ2v) is 6.71. The Balaban J connectivity index is 0.00000225. The molecule has 8 heteroatoms. The van der Waals surface area contributed by atoms with Crippen LogP contribution in [0.1, 0.15) is 11.5 Å². The first-order valence-corrected chi connectivity index (χ1v) is 9.27. The summed E-state index contributed by atoms with van der Waals surface area (Å²) >= 11 is 5.91. The average Bonchev–Trinajstić information content (AvgIpc) is 3.33. The van der Waals surface area contributed by atoms with Gasteiger partial charge in [-0.15, -0.1) is 24.0 Å². The van der Waals surface area contributed by atoms with Gasteiger partial charge in [0.15, 0.2) is 5.96 Å². The summed E-state index contributed by atoms with van der Waals surface area (Å²) < 4.78 is 5.36. The van der Waals surface area contributed by atoms with E-state index in [0.717, 1.165) is 24.5 Å². The van der Waals surface area contributed by atoms with Gasteiger partial charge in [-0.05, 0) is 42.3 Å². The molecule has 0 saturated heterocycles. The summed E-state index contributed by atoms with van der Waals surface area (Å²) in [5.74, 6) is 2.02. The number of guanidine groups is 1. The van der Waals surface area contributed by atoms with E-state index in [-0.39, 0.29) is 24.0 Å². The molecule has 0 spiro atoms. The van der Waals surface area contributed by atoms with Crippen molar-refractivity contribution in [1.82, 2.24) is 15.5 Å². The van der Waals surface area contributed by atoms with Crippen molar-refractivity contribution in [3.8, 4) is 11.4 Å². The van der Waals surface area contributed by atoms with E-state index >= 15 is 0 Å². The van der Waals surface area contributed by atoms with E-state index in [1.165, 1.54) is 11.3 Å². The smallest absolute Gasteiger partial charge is 0.228 e. The molecule has 0 unspecified atom stereocenters. The first-order chi connectivity index (χ1) is 13.2. The van der Waals surface area contributed by atoms with Crippen molar-refractivity contribution >= 4 is 47.2 Å². The second-order valence-electron chi connectivity index (χ2n) is 6.27. The Kier molecular flexibility index (Phi) is 6.90. The van der Waals surface area contributed by atoms with Crippen molar-refractivity contribution < 1.29 is 4.52 Å². The Morgan fingerprint density at radius 2 is 2.00 bits per heavy atom. The van der Waals surface area contributed by atoms with E-state index in [0.29, 0.717) is 29.7 Å². The number of nitrogens with one attached hydrogen (secondary N) is 1. The molecule has 6 nitrogen and oxygen atoms in total. The van der Waals surface area contributed by atoms with E-state index in [1.807, 2.05) is 24.3 Å². The number of hydrogen-bond acceptors (Lipinski definition) is 4. The largest absolute Gasteiger partial charge is 0.355 e. The van der Waals surface area contributed by atoms with Crippen LogP contribution in [-0.4, -0.2) is 36.2 Å². The van der Waals surface area contributed by atoms with Crippen LogP contribution in [-0.2, 0) is 12.8 Å². The lowest BCUT2D eigenvalue weighted by Gasteiger charge is -2.22. The van der Waals surface area contributed by atoms with Crippen LogP contribution in [0, 0.1) is 0 Å². The molecule has 0 aliphatic carbocycles. The normalized spacial score (nSPS) is 13.2. The zero-order valence-corrected chi connectivity index (χ0v) is 18.5. The van der Waals surface area contributed by atoms with Crippen molar-refractivity contribution in [3.63, 3.8) is 0 Å². The highest BCUT2D eigenvalue weighted by Gasteiger charge is 2.22. The number of aromatic nitrogens is 2. The van der Waals surface area contributed by atoms with Crippen molar-refractivity contribution in [2.24, 2.45) is 4.99 Å². The highest BCUT2D eigenvalue weighted by molar-refractivity contribution is 14.0. The topological polar surface area (TPSA) is 66.5 Å². The minimum absolute atomic E-state index is 0. The zero-order chi connectivity index (χ0) is 18.6. The van der Waals surface area contributed by atoms with Gasteiger partial charge in [-0.2, -0.15) is 4.98 Å². The van der Waals surface area contributed by atoms with E-state index in [9.17, 15) is 0 Å². The quantitative estimate of drug-likeness (QED) is 0.325. The predicted octanol–water partition coefficient (Wildman–Crippen LogP) is 4.19. The fraction of sp³-hybridized carbons (Fsp3) is 0.250. The molecule has 0 bridgehead atoms. The number of benzene rings is 2. The zero-order valence-electron chi connectivity index (χ0n) is 15.4. The first-order valence-electron chi connectivity index (χ1n) is 8.89. The van der Waals surface area contributed by atoms with Crippen molar-refractivity contribution in [1.29, 1.82) is 0 Å². The number of fused-ring (bicyclic) bond motifs is 1. The van der Waals surface area contributed by atoms with Gasteiger partial charge < -0.3 is 14.7 Å². The van der Waals surface area contributed by atoms with Crippen LogP contribution in [0.2, 0.25) is 5.02 Å². The molecule has 1 aliphatic rings. The standard InChI is InChI=1S/C20H20ClN5O.HI/c1-22-20(26-13-11-14-4-2-3-5-17(14)26)23-12-10-18-24-19(25-27-18)15-6-8-16(21)9-7-15;/h2-9H,10-13H2,1H3,(H,22,23);1H. The molecule has 0 fully saturated rings. The van der Waals surface area contributed by atoms with Gasteiger partial charge in [-0.3, -0.25) is 4.99 Å². The summed E-state index contributed by atoms with van der Waals surface area (Å²) in [6.45, 7) is 1.59. The maximum Gasteiger partial charge on any atom is 0.228 e. The summed E-state index contributed by atoms with van der Waals surface area (Å²) in [4.78, 5) is 11.1. The van der Waals surface area contributed by atoms with E-state index in [4.69, 9.17) is 16.1 Å². The molecular formula is C20H21ClIN5O. The summed E-state index contributed by atoms with van der Waals surface area (Å²) in [5.41, 5.74) is 3.45. The monoisotopic (exact) mass is 509 g/mol. The third kappa shape index (κ3) is 4.47. The Hall–Kier alpha value is -2.13. The summed E-state index contributed by atoms with van der Waals surface area (Å²) in [6, 6.07) is 15.8. The second kappa shape index (κ2) is 9.38. The average molecular weight is 510 g/mol. The molecule has 0 atom stereocenters. The maximum absolute atomic E-state index is 5.91. The number of para-hydroxylation sites is 1. The number of hydrogen-bond donors (Lipinski definition) is 1.